The lowest BCUT2D eigenvalue weighted by molar-refractivity contribution is 0.138. The molecule has 0 spiro atoms. The number of hydrogen-bond acceptors (Lipinski definition) is 5. The van der Waals surface area contributed by atoms with Crippen LogP contribution in [0.4, 0.5) is 0 Å². The summed E-state index contributed by atoms with van der Waals surface area (Å²) in [5, 5.41) is 9.79. The Kier molecular flexibility index (Phi) is 3.69. The Morgan fingerprint density at radius 3 is 2.86 bits per heavy atom. The molecule has 3 aromatic rings. The largest absolute Gasteiger partial charge is 0.381 e. The molecule has 0 saturated heterocycles. The zero-order valence-electron chi connectivity index (χ0n) is 12.1. The normalized spacial score (nSPS) is 13.1. The van der Waals surface area contributed by atoms with Gasteiger partial charge in [0.2, 0.25) is 5.78 Å². The topological polar surface area (TPSA) is 61.4 Å². The summed E-state index contributed by atoms with van der Waals surface area (Å²) in [6, 6.07) is 7.51. The molecule has 0 radical (unpaired) electrons. The Morgan fingerprint density at radius 1 is 1.33 bits per heavy atom. The maximum Gasteiger partial charge on any atom is 0.262 e. The fraction of sp³-hybridized carbons (Fsp3) is 0.357. The van der Waals surface area contributed by atoms with Crippen molar-refractivity contribution in [3.8, 4) is 0 Å². The first-order valence-corrected chi connectivity index (χ1v) is 7.60. The van der Waals surface area contributed by atoms with Crippen molar-refractivity contribution in [2.24, 2.45) is 7.05 Å². The van der Waals surface area contributed by atoms with E-state index < -0.39 is 0 Å². The molecule has 7 heteroatoms. The van der Waals surface area contributed by atoms with Crippen LogP contribution < -0.4 is 5.56 Å². The third-order valence-electron chi connectivity index (χ3n) is 3.45. The number of thioether (sulfide) groups is 1. The number of hydrogen-bond donors (Lipinski definition) is 0. The van der Waals surface area contributed by atoms with E-state index in [0.717, 1.165) is 16.4 Å². The molecule has 0 N–H and O–H groups in total. The van der Waals surface area contributed by atoms with Gasteiger partial charge in [0.15, 0.2) is 5.16 Å². The van der Waals surface area contributed by atoms with Crippen molar-refractivity contribution >= 4 is 28.4 Å². The van der Waals surface area contributed by atoms with Crippen molar-refractivity contribution in [2.45, 2.75) is 18.2 Å². The van der Waals surface area contributed by atoms with Crippen molar-refractivity contribution < 1.29 is 4.74 Å². The molecule has 0 saturated carbocycles. The van der Waals surface area contributed by atoms with Gasteiger partial charge in [-0.25, -0.2) is 0 Å². The highest BCUT2D eigenvalue weighted by molar-refractivity contribution is 7.99. The number of benzene rings is 1. The summed E-state index contributed by atoms with van der Waals surface area (Å²) in [5.74, 6) is 1.32. The molecular formula is C14H16N4O2S. The molecule has 0 fully saturated rings. The fourth-order valence-corrected chi connectivity index (χ4v) is 3.09. The smallest absolute Gasteiger partial charge is 0.262 e. The highest BCUT2D eigenvalue weighted by Crippen LogP contribution is 2.22. The Morgan fingerprint density at radius 2 is 2.10 bits per heavy atom. The van der Waals surface area contributed by atoms with E-state index in [-0.39, 0.29) is 11.7 Å². The predicted molar refractivity (Wildman–Crippen MR) is 82.9 cm³/mol. The zero-order valence-corrected chi connectivity index (χ0v) is 12.9. The molecule has 1 atom stereocenters. The van der Waals surface area contributed by atoms with Gasteiger partial charge in [-0.3, -0.25) is 13.8 Å². The minimum atomic E-state index is -0.0627. The van der Waals surface area contributed by atoms with E-state index in [2.05, 4.69) is 10.2 Å². The maximum atomic E-state index is 12.3. The second-order valence-electron chi connectivity index (χ2n) is 4.86. The molecule has 2 heterocycles. The van der Waals surface area contributed by atoms with E-state index in [1.54, 1.807) is 25.9 Å². The summed E-state index contributed by atoms with van der Waals surface area (Å²) < 4.78 is 8.70. The van der Waals surface area contributed by atoms with Gasteiger partial charge in [-0.15, -0.1) is 10.2 Å². The minimum Gasteiger partial charge on any atom is -0.381 e. The van der Waals surface area contributed by atoms with Gasteiger partial charge < -0.3 is 4.74 Å². The number of methoxy groups -OCH3 is 1. The van der Waals surface area contributed by atoms with E-state index in [0.29, 0.717) is 11.2 Å². The van der Waals surface area contributed by atoms with Crippen molar-refractivity contribution in [3.63, 3.8) is 0 Å². The van der Waals surface area contributed by atoms with Crippen LogP contribution in [0.1, 0.15) is 6.92 Å². The molecule has 0 amide bonds. The molecule has 21 heavy (non-hydrogen) atoms. The van der Waals surface area contributed by atoms with E-state index in [9.17, 15) is 4.79 Å². The van der Waals surface area contributed by atoms with Crippen LogP contribution in [0.5, 0.6) is 0 Å². The number of aryl methyl sites for hydroxylation is 1. The van der Waals surface area contributed by atoms with Gasteiger partial charge in [0, 0.05) is 19.9 Å². The van der Waals surface area contributed by atoms with Crippen molar-refractivity contribution in [1.29, 1.82) is 0 Å². The van der Waals surface area contributed by atoms with Gasteiger partial charge in [-0.2, -0.15) is 0 Å². The van der Waals surface area contributed by atoms with E-state index >= 15 is 0 Å². The van der Waals surface area contributed by atoms with E-state index in [1.165, 1.54) is 4.57 Å². The van der Waals surface area contributed by atoms with Gasteiger partial charge in [-0.05, 0) is 19.1 Å². The monoisotopic (exact) mass is 304 g/mol. The minimum absolute atomic E-state index is 0.0627. The SMILES string of the molecule is COC(C)CSc1nnc2n(C)c(=O)c3ccccc3n12. The molecule has 6 nitrogen and oxygen atoms in total. The summed E-state index contributed by atoms with van der Waals surface area (Å²) in [6.45, 7) is 2.00. The zero-order chi connectivity index (χ0) is 15.0. The molecule has 1 unspecified atom stereocenters. The Balaban J connectivity index is 2.22. The number of nitrogens with zero attached hydrogens (tertiary/aromatic N) is 4. The quantitative estimate of drug-likeness (QED) is 0.687. The molecule has 1 aromatic carbocycles. The van der Waals surface area contributed by atoms with Gasteiger partial charge in [0.1, 0.15) is 0 Å². The number of para-hydroxylation sites is 1. The van der Waals surface area contributed by atoms with Crippen LogP contribution in [0, 0.1) is 0 Å². The Bertz CT molecular complexity index is 855. The Labute approximate surface area is 125 Å². The standard InChI is InChI=1S/C14H16N4O2S/c1-9(20-3)8-21-14-16-15-13-17(2)12(19)10-6-4-5-7-11(10)18(13)14/h4-7,9H,8H2,1-3H3. The summed E-state index contributed by atoms with van der Waals surface area (Å²) >= 11 is 1.57. The van der Waals surface area contributed by atoms with Crippen molar-refractivity contribution in [3.05, 3.63) is 34.6 Å². The van der Waals surface area contributed by atoms with Crippen LogP contribution in [0.15, 0.2) is 34.2 Å². The summed E-state index contributed by atoms with van der Waals surface area (Å²) in [7, 11) is 3.40. The molecule has 0 aliphatic rings. The second kappa shape index (κ2) is 5.50. The van der Waals surface area contributed by atoms with Crippen LogP contribution in [-0.4, -0.2) is 38.1 Å². The molecule has 0 aliphatic carbocycles. The van der Waals surface area contributed by atoms with Crippen molar-refractivity contribution in [1.82, 2.24) is 19.2 Å². The lowest BCUT2D eigenvalue weighted by Crippen LogP contribution is -2.20. The third-order valence-corrected chi connectivity index (χ3v) is 4.60. The third kappa shape index (κ3) is 2.32. The predicted octanol–water partition coefficient (Wildman–Crippen LogP) is 1.71. The van der Waals surface area contributed by atoms with Crippen LogP contribution in [0.25, 0.3) is 16.7 Å². The lowest BCUT2D eigenvalue weighted by Gasteiger charge is -2.09. The molecule has 3 rings (SSSR count). The fourth-order valence-electron chi connectivity index (χ4n) is 2.16. The number of rotatable bonds is 4. The van der Waals surface area contributed by atoms with Gasteiger partial charge >= 0.3 is 0 Å². The number of aromatic nitrogens is 4. The van der Waals surface area contributed by atoms with E-state index in [4.69, 9.17) is 4.74 Å². The first-order chi connectivity index (χ1) is 10.1. The number of ether oxygens (including phenoxy) is 1. The van der Waals surface area contributed by atoms with Crippen LogP contribution >= 0.6 is 11.8 Å². The average molecular weight is 304 g/mol. The highest BCUT2D eigenvalue weighted by atomic mass is 32.2. The number of fused-ring (bicyclic) bond motifs is 3. The first-order valence-electron chi connectivity index (χ1n) is 6.62. The second-order valence-corrected chi connectivity index (χ2v) is 5.84. The first kappa shape index (κ1) is 14.1. The summed E-state index contributed by atoms with van der Waals surface area (Å²) in [4.78, 5) is 12.3. The molecule has 0 aliphatic heterocycles. The van der Waals surface area contributed by atoms with Crippen LogP contribution in [0.2, 0.25) is 0 Å². The molecular weight excluding hydrogens is 288 g/mol. The summed E-state index contributed by atoms with van der Waals surface area (Å²) in [6.07, 6.45) is 0.126. The average Bonchev–Trinajstić information content (AvgIpc) is 2.94. The summed E-state index contributed by atoms with van der Waals surface area (Å²) in [5.41, 5.74) is 0.764. The lowest BCUT2D eigenvalue weighted by atomic mass is 10.2. The highest BCUT2D eigenvalue weighted by Gasteiger charge is 2.15. The molecule has 110 valence electrons. The molecule has 2 aromatic heterocycles. The van der Waals surface area contributed by atoms with Crippen molar-refractivity contribution in [2.75, 3.05) is 12.9 Å². The van der Waals surface area contributed by atoms with E-state index in [1.807, 2.05) is 35.6 Å². The van der Waals surface area contributed by atoms with Gasteiger partial charge in [0.05, 0.1) is 17.0 Å². The van der Waals surface area contributed by atoms with Crippen LogP contribution in [0.3, 0.4) is 0 Å². The van der Waals surface area contributed by atoms with Gasteiger partial charge in [0.25, 0.3) is 5.56 Å². The van der Waals surface area contributed by atoms with Gasteiger partial charge in [-0.1, -0.05) is 23.9 Å². The Hall–Kier alpha value is -1.86. The maximum absolute atomic E-state index is 12.3. The molecule has 0 bridgehead atoms. The van der Waals surface area contributed by atoms with Crippen LogP contribution in [-0.2, 0) is 11.8 Å².